The maximum Gasteiger partial charge on any atom is 0.373 e. The van der Waals surface area contributed by atoms with Gasteiger partial charge in [-0.15, -0.1) is 0 Å². The first-order valence-corrected chi connectivity index (χ1v) is 8.30. The van der Waals surface area contributed by atoms with E-state index in [1.165, 1.54) is 44.6 Å². The number of phenols is 1. The Morgan fingerprint density at radius 1 is 1.32 bits per heavy atom. The van der Waals surface area contributed by atoms with E-state index in [4.69, 9.17) is 20.8 Å². The lowest BCUT2D eigenvalue weighted by molar-refractivity contribution is -0.123. The molecule has 9 nitrogen and oxygen atoms in total. The van der Waals surface area contributed by atoms with Crippen LogP contribution in [0.1, 0.15) is 21.9 Å². The predicted octanol–water partition coefficient (Wildman–Crippen LogP) is 2.53. The van der Waals surface area contributed by atoms with Crippen molar-refractivity contribution in [2.24, 2.45) is 0 Å². The Balaban J connectivity index is 1.84. The van der Waals surface area contributed by atoms with Gasteiger partial charge >= 0.3 is 12.0 Å². The quantitative estimate of drug-likeness (QED) is 0.445. The second kappa shape index (κ2) is 7.65. The molecule has 0 saturated carbocycles. The van der Waals surface area contributed by atoms with Crippen molar-refractivity contribution in [1.29, 1.82) is 0 Å². The molecule has 2 aromatic rings. The van der Waals surface area contributed by atoms with Gasteiger partial charge in [0.1, 0.15) is 11.5 Å². The molecule has 0 spiro atoms. The van der Waals surface area contributed by atoms with E-state index in [1.807, 2.05) is 0 Å². The number of amides is 3. The number of methoxy groups -OCH3 is 2. The Bertz CT molecular complexity index is 996. The van der Waals surface area contributed by atoms with Crippen LogP contribution in [0.15, 0.2) is 34.4 Å². The summed E-state index contributed by atoms with van der Waals surface area (Å²) in [6.07, 6.45) is 1.28. The van der Waals surface area contributed by atoms with Crippen LogP contribution in [0.2, 0.25) is 5.02 Å². The molecule has 2 heterocycles. The fourth-order valence-corrected chi connectivity index (χ4v) is 2.78. The molecule has 3 rings (SSSR count). The molecule has 1 fully saturated rings. The molecule has 1 aliphatic rings. The molecule has 0 radical (unpaired) electrons. The number of imide groups is 1. The summed E-state index contributed by atoms with van der Waals surface area (Å²) in [4.78, 5) is 37.1. The number of rotatable bonds is 5. The number of esters is 1. The highest BCUT2D eigenvalue weighted by molar-refractivity contribution is 6.31. The van der Waals surface area contributed by atoms with Crippen LogP contribution in [0.3, 0.4) is 0 Å². The normalized spacial score (nSPS) is 15.1. The van der Waals surface area contributed by atoms with Gasteiger partial charge < -0.3 is 24.3 Å². The molecular weight excluding hydrogens is 392 g/mol. The molecule has 0 unspecified atom stereocenters. The van der Waals surface area contributed by atoms with E-state index in [-0.39, 0.29) is 45.8 Å². The number of hydrogen-bond acceptors (Lipinski definition) is 7. The highest BCUT2D eigenvalue weighted by Gasteiger charge is 2.34. The van der Waals surface area contributed by atoms with Crippen LogP contribution >= 0.6 is 11.6 Å². The number of nitrogens with one attached hydrogen (secondary N) is 1. The minimum absolute atomic E-state index is 0.0451. The lowest BCUT2D eigenvalue weighted by atomic mass is 10.1. The number of urea groups is 1. The van der Waals surface area contributed by atoms with Crippen LogP contribution in [-0.2, 0) is 16.1 Å². The van der Waals surface area contributed by atoms with Crippen molar-refractivity contribution in [2.45, 2.75) is 6.54 Å². The molecule has 3 amide bonds. The Morgan fingerprint density at radius 2 is 2.07 bits per heavy atom. The van der Waals surface area contributed by atoms with Gasteiger partial charge in [0.2, 0.25) is 5.76 Å². The summed E-state index contributed by atoms with van der Waals surface area (Å²) in [7, 11) is 2.57. The minimum atomic E-state index is -0.680. The van der Waals surface area contributed by atoms with E-state index in [0.29, 0.717) is 0 Å². The second-order valence-electron chi connectivity index (χ2n) is 5.68. The zero-order valence-electron chi connectivity index (χ0n) is 14.8. The first kappa shape index (κ1) is 19.3. The summed E-state index contributed by atoms with van der Waals surface area (Å²) in [5, 5.41) is 12.9. The molecule has 1 aliphatic heterocycles. The summed E-state index contributed by atoms with van der Waals surface area (Å²) >= 11 is 5.97. The van der Waals surface area contributed by atoms with Crippen LogP contribution in [0.5, 0.6) is 11.5 Å². The van der Waals surface area contributed by atoms with Crippen LogP contribution in [-0.4, -0.2) is 42.1 Å². The highest BCUT2D eigenvalue weighted by Crippen LogP contribution is 2.35. The number of carbonyl (C=O) groups is 3. The Kier molecular flexibility index (Phi) is 5.27. The van der Waals surface area contributed by atoms with Crippen molar-refractivity contribution in [3.05, 3.63) is 52.1 Å². The molecule has 0 bridgehead atoms. The van der Waals surface area contributed by atoms with Crippen molar-refractivity contribution in [2.75, 3.05) is 14.2 Å². The molecule has 1 saturated heterocycles. The monoisotopic (exact) mass is 406 g/mol. The predicted molar refractivity (Wildman–Crippen MR) is 96.8 cm³/mol. The molecule has 28 heavy (non-hydrogen) atoms. The largest absolute Gasteiger partial charge is 0.504 e. The average molecular weight is 407 g/mol. The summed E-state index contributed by atoms with van der Waals surface area (Å²) in [6, 6.07) is 5.00. The maximum atomic E-state index is 12.6. The third kappa shape index (κ3) is 3.65. The first-order chi connectivity index (χ1) is 13.3. The zero-order chi connectivity index (χ0) is 20.4. The van der Waals surface area contributed by atoms with Crippen molar-refractivity contribution in [1.82, 2.24) is 10.2 Å². The Hall–Kier alpha value is -3.46. The van der Waals surface area contributed by atoms with E-state index >= 15 is 0 Å². The molecule has 0 atom stereocenters. The van der Waals surface area contributed by atoms with Crippen molar-refractivity contribution >= 4 is 35.6 Å². The Morgan fingerprint density at radius 3 is 2.75 bits per heavy atom. The van der Waals surface area contributed by atoms with Crippen LogP contribution in [0, 0.1) is 0 Å². The van der Waals surface area contributed by atoms with E-state index in [1.54, 1.807) is 0 Å². The van der Waals surface area contributed by atoms with E-state index in [2.05, 4.69) is 10.1 Å². The Labute approximate surface area is 164 Å². The zero-order valence-corrected chi connectivity index (χ0v) is 15.6. The van der Waals surface area contributed by atoms with Gasteiger partial charge in [-0.05, 0) is 24.3 Å². The number of benzene rings is 1. The van der Waals surface area contributed by atoms with Crippen LogP contribution in [0.4, 0.5) is 4.79 Å². The minimum Gasteiger partial charge on any atom is -0.504 e. The highest BCUT2D eigenvalue weighted by atomic mass is 35.5. The summed E-state index contributed by atoms with van der Waals surface area (Å²) < 4.78 is 14.8. The van der Waals surface area contributed by atoms with E-state index in [0.717, 1.165) is 4.90 Å². The standard InChI is InChI=1S/C18H15ClN2O7/c1-26-14-7-10(19)5-9(15(14)22)6-12-16(23)21(18(25)20-12)8-11-3-4-13(28-11)17(24)27-2/h3-7,22H,8H2,1-2H3,(H,20,25). The number of ether oxygens (including phenoxy) is 2. The first-order valence-electron chi connectivity index (χ1n) is 7.92. The van der Waals surface area contributed by atoms with Gasteiger partial charge in [-0.3, -0.25) is 9.69 Å². The van der Waals surface area contributed by atoms with Gasteiger partial charge in [0.05, 0.1) is 20.8 Å². The van der Waals surface area contributed by atoms with Gasteiger partial charge in [-0.2, -0.15) is 0 Å². The molecule has 2 N–H and O–H groups in total. The SMILES string of the molecule is COC(=O)c1ccc(CN2C(=O)NC(=Cc3cc(Cl)cc(OC)c3O)C2=O)o1. The molecule has 1 aromatic carbocycles. The molecule has 0 aliphatic carbocycles. The molecule has 10 heteroatoms. The van der Waals surface area contributed by atoms with Gasteiger partial charge in [-0.25, -0.2) is 9.59 Å². The fraction of sp³-hybridized carbons (Fsp3) is 0.167. The van der Waals surface area contributed by atoms with Gasteiger partial charge in [0.15, 0.2) is 11.5 Å². The maximum absolute atomic E-state index is 12.6. The van der Waals surface area contributed by atoms with Crippen LogP contribution < -0.4 is 10.1 Å². The molecular formula is C18H15ClN2O7. The van der Waals surface area contributed by atoms with Crippen molar-refractivity contribution in [3.63, 3.8) is 0 Å². The number of halogens is 1. The number of hydrogen-bond donors (Lipinski definition) is 2. The second-order valence-corrected chi connectivity index (χ2v) is 6.12. The average Bonchev–Trinajstić information content (AvgIpc) is 3.24. The topological polar surface area (TPSA) is 118 Å². The molecule has 1 aromatic heterocycles. The number of carbonyl (C=O) groups excluding carboxylic acids is 3. The van der Waals surface area contributed by atoms with Gasteiger partial charge in [0.25, 0.3) is 5.91 Å². The van der Waals surface area contributed by atoms with E-state index in [9.17, 15) is 19.5 Å². The van der Waals surface area contributed by atoms with Crippen LogP contribution in [0.25, 0.3) is 6.08 Å². The van der Waals surface area contributed by atoms with E-state index < -0.39 is 17.9 Å². The molecule has 146 valence electrons. The number of nitrogens with zero attached hydrogens (tertiary/aromatic N) is 1. The third-order valence-corrected chi connectivity index (χ3v) is 4.13. The number of furan rings is 1. The summed E-state index contributed by atoms with van der Waals surface area (Å²) in [6.45, 7) is -0.191. The lowest BCUT2D eigenvalue weighted by Crippen LogP contribution is -2.30. The van der Waals surface area contributed by atoms with Crippen molar-refractivity contribution in [3.8, 4) is 11.5 Å². The lowest BCUT2D eigenvalue weighted by Gasteiger charge is -2.09. The fourth-order valence-electron chi connectivity index (χ4n) is 2.56. The number of aromatic hydroxyl groups is 1. The smallest absolute Gasteiger partial charge is 0.373 e. The summed E-state index contributed by atoms with van der Waals surface area (Å²) in [5.74, 6) is -1.24. The van der Waals surface area contributed by atoms with Gasteiger partial charge in [-0.1, -0.05) is 11.6 Å². The van der Waals surface area contributed by atoms with Gasteiger partial charge in [0, 0.05) is 16.7 Å². The third-order valence-electron chi connectivity index (χ3n) is 3.91. The van der Waals surface area contributed by atoms with Crippen molar-refractivity contribution < 1.29 is 33.4 Å². The number of phenolic OH excluding ortho intramolecular Hbond substituents is 1. The summed E-state index contributed by atoms with van der Waals surface area (Å²) in [5.41, 5.74) is 0.130.